The van der Waals surface area contributed by atoms with E-state index in [2.05, 4.69) is 15.3 Å². The fourth-order valence-corrected chi connectivity index (χ4v) is 3.86. The Morgan fingerprint density at radius 1 is 1.10 bits per heavy atom. The summed E-state index contributed by atoms with van der Waals surface area (Å²) in [7, 11) is 2.64. The van der Waals surface area contributed by atoms with Crippen LogP contribution in [0.15, 0.2) is 9.98 Å². The molecule has 168 valence electrons. The van der Waals surface area contributed by atoms with E-state index in [0.717, 1.165) is 6.21 Å². The number of carbonyl (C=O) groups is 5. The van der Waals surface area contributed by atoms with Gasteiger partial charge in [0.15, 0.2) is 17.3 Å². The van der Waals surface area contributed by atoms with E-state index in [1.807, 2.05) is 0 Å². The van der Waals surface area contributed by atoms with Crippen LogP contribution in [0.2, 0.25) is 0 Å². The highest BCUT2D eigenvalue weighted by molar-refractivity contribution is 8.76. The molecule has 0 aliphatic heterocycles. The van der Waals surface area contributed by atoms with Gasteiger partial charge in [0.1, 0.15) is 6.04 Å². The van der Waals surface area contributed by atoms with Crippen LogP contribution in [-0.4, -0.2) is 77.4 Å². The number of carboxylic acid groups (broad SMARTS) is 1. The minimum Gasteiger partial charge on any atom is -0.480 e. The highest BCUT2D eigenvalue weighted by atomic mass is 33.1. The molecule has 0 bridgehead atoms. The number of aliphatic imine (C=N–C) groups is 2. The number of amides is 1. The van der Waals surface area contributed by atoms with Crippen molar-refractivity contribution < 1.29 is 30.4 Å². The monoisotopic (exact) mass is 461 g/mol. The molecule has 0 saturated heterocycles. The van der Waals surface area contributed by atoms with Gasteiger partial charge in [-0.3, -0.25) is 29.2 Å². The van der Waals surface area contributed by atoms with Crippen LogP contribution in [0.4, 0.5) is 0 Å². The lowest BCUT2D eigenvalue weighted by Crippen LogP contribution is -2.41. The van der Waals surface area contributed by atoms with Crippen LogP contribution in [0.3, 0.4) is 0 Å². The van der Waals surface area contributed by atoms with E-state index >= 15 is 0 Å². The van der Waals surface area contributed by atoms with Gasteiger partial charge in [0.05, 0.1) is 25.1 Å². The van der Waals surface area contributed by atoms with Crippen LogP contribution in [-0.2, 0) is 24.0 Å². The van der Waals surface area contributed by atoms with Crippen molar-refractivity contribution in [1.29, 1.82) is 0 Å². The number of aliphatic carboxylic acids is 1. The Hall–Kier alpha value is -2.01. The second kappa shape index (κ2) is 17.8. The largest absolute Gasteiger partial charge is 0.480 e. The highest BCUT2D eigenvalue weighted by Gasteiger charge is 2.20. The smallest absolute Gasteiger partial charge is 0.326 e. The Morgan fingerprint density at radius 2 is 1.83 bits per heavy atom. The van der Waals surface area contributed by atoms with Gasteiger partial charge >= 0.3 is 5.97 Å². The normalized spacial score (nSPS) is 12.6. The quantitative estimate of drug-likeness (QED) is 0.179. The van der Waals surface area contributed by atoms with E-state index in [9.17, 15) is 29.1 Å². The number of carbonyl (C=O) groups excluding carboxylic acids is 4. The summed E-state index contributed by atoms with van der Waals surface area (Å²) in [6.45, 7) is 1.62. The van der Waals surface area contributed by atoms with Gasteiger partial charge in [0.25, 0.3) is 0 Å². The Labute approximate surface area is 185 Å². The summed E-state index contributed by atoms with van der Waals surface area (Å²) in [4.78, 5) is 65.1. The number of ketones is 3. The molecule has 1 unspecified atom stereocenters. The van der Waals surface area contributed by atoms with Crippen LogP contribution in [0.1, 0.15) is 47.3 Å². The first-order chi connectivity index (χ1) is 14.8. The molecule has 0 aromatic rings. The average molecular weight is 462 g/mol. The fraction of sp³-hybridized carbons (Fsp3) is 0.632. The zero-order valence-corrected chi connectivity index (χ0v) is 18.6. The van der Waals surface area contributed by atoms with Gasteiger partial charge in [-0.05, 0) is 26.0 Å². The van der Waals surface area contributed by atoms with Crippen LogP contribution in [0.5, 0.6) is 0 Å². The second-order valence-electron chi connectivity index (χ2n) is 6.05. The van der Waals surface area contributed by atoms with E-state index in [-0.39, 0.29) is 68.8 Å². The minimum atomic E-state index is -1.20. The number of hydrogen-bond donors (Lipinski definition) is 2. The lowest BCUT2D eigenvalue weighted by Gasteiger charge is -2.13. The summed E-state index contributed by atoms with van der Waals surface area (Å²) in [6, 6.07) is -1.13. The summed E-state index contributed by atoms with van der Waals surface area (Å²) in [6.07, 6.45) is 3.64. The van der Waals surface area contributed by atoms with Gasteiger partial charge in [0, 0.05) is 26.4 Å². The van der Waals surface area contributed by atoms with Crippen molar-refractivity contribution in [3.05, 3.63) is 0 Å². The first kappa shape index (κ1) is 26.0. The maximum atomic E-state index is 11.9. The van der Waals surface area contributed by atoms with Crippen molar-refractivity contribution in [2.75, 3.05) is 24.6 Å². The Kier molecular flexibility index (Phi) is 15.5. The molecule has 0 aromatic heterocycles. The third-order valence-electron chi connectivity index (χ3n) is 3.50. The molecule has 30 heavy (non-hydrogen) atoms. The minimum absolute atomic E-state index is 0.00174. The molecule has 0 saturated carbocycles. The van der Waals surface area contributed by atoms with E-state index in [4.69, 9.17) is 1.37 Å². The first-order valence-electron chi connectivity index (χ1n) is 10.1. The maximum absolute atomic E-state index is 11.9. The molecular weight excluding hydrogens is 430 g/mol. The average Bonchev–Trinajstić information content (AvgIpc) is 2.71. The molecule has 1 amide bonds. The molecule has 0 fully saturated rings. The van der Waals surface area contributed by atoms with Gasteiger partial charge < -0.3 is 10.4 Å². The van der Waals surface area contributed by atoms with E-state index in [0.29, 0.717) is 12.2 Å². The van der Waals surface area contributed by atoms with Crippen LogP contribution in [0.25, 0.3) is 0 Å². The number of carboxylic acids is 1. The maximum Gasteiger partial charge on any atom is 0.326 e. The molecule has 9 nitrogen and oxygen atoms in total. The van der Waals surface area contributed by atoms with E-state index < -0.39 is 17.9 Å². The standard InChI is InChI=1S/C19H29N3O6S2/c1-3-14(23)10-21-12-15(24)6-5-9-29-30-13-18(26)22-17(19(27)28)8-7-16(25)11-20-4-2/h4,12,17H,3,5-11,13H2,1-2H3,(H,22,26)(H,27,28)/i1T. The molecule has 2 N–H and O–H groups in total. The van der Waals surface area contributed by atoms with Gasteiger partial charge in [-0.15, -0.1) is 0 Å². The highest BCUT2D eigenvalue weighted by Crippen LogP contribution is 2.22. The molecule has 0 radical (unpaired) electrons. The zero-order valence-electron chi connectivity index (χ0n) is 18.0. The van der Waals surface area contributed by atoms with Crippen molar-refractivity contribution in [2.45, 2.75) is 52.0 Å². The lowest BCUT2D eigenvalue weighted by molar-refractivity contribution is -0.141. The third kappa shape index (κ3) is 15.9. The van der Waals surface area contributed by atoms with Crippen LogP contribution < -0.4 is 5.32 Å². The van der Waals surface area contributed by atoms with Crippen molar-refractivity contribution >= 4 is 63.2 Å². The number of Topliss-reactive ketones (excluding diaryl/α,β-unsaturated/α-hetero) is 3. The van der Waals surface area contributed by atoms with Crippen molar-refractivity contribution in [1.82, 2.24) is 5.32 Å². The van der Waals surface area contributed by atoms with Crippen LogP contribution in [0, 0.1) is 0 Å². The molecule has 0 spiro atoms. The molecule has 0 heterocycles. The number of nitrogens with one attached hydrogen (secondary N) is 1. The number of rotatable bonds is 18. The summed E-state index contributed by atoms with van der Waals surface area (Å²) < 4.78 is 6.92. The van der Waals surface area contributed by atoms with E-state index in [1.54, 1.807) is 6.92 Å². The second-order valence-corrected chi connectivity index (χ2v) is 8.63. The Morgan fingerprint density at radius 3 is 2.50 bits per heavy atom. The van der Waals surface area contributed by atoms with Gasteiger partial charge in [0.2, 0.25) is 5.91 Å². The van der Waals surface area contributed by atoms with E-state index in [1.165, 1.54) is 27.8 Å². The molecule has 1 atom stereocenters. The zero-order chi connectivity index (χ0) is 23.5. The Bertz CT molecular complexity index is 673. The molecule has 11 heteroatoms. The van der Waals surface area contributed by atoms with Gasteiger partial charge in [-0.25, -0.2) is 4.79 Å². The number of hydrogen-bond acceptors (Lipinski definition) is 9. The predicted molar refractivity (Wildman–Crippen MR) is 121 cm³/mol. The molecule has 0 aromatic carbocycles. The summed E-state index contributed by atoms with van der Waals surface area (Å²) in [5.74, 6) is -1.52. The van der Waals surface area contributed by atoms with Crippen LogP contribution >= 0.6 is 21.6 Å². The molecule has 0 aliphatic rings. The SMILES string of the molecule is [3H]CCC(=O)CN=CC(=O)CCCSSCC(=O)NC(CCC(=O)CN=CC)C(=O)O. The van der Waals surface area contributed by atoms with Gasteiger partial charge in [-0.1, -0.05) is 28.5 Å². The summed E-state index contributed by atoms with van der Waals surface area (Å²) in [5, 5.41) is 11.6. The topological polar surface area (TPSA) is 142 Å². The number of nitrogens with zero attached hydrogens (tertiary/aromatic N) is 2. The van der Waals surface area contributed by atoms with Crippen molar-refractivity contribution in [2.24, 2.45) is 9.98 Å². The third-order valence-corrected chi connectivity index (χ3v) is 5.86. The van der Waals surface area contributed by atoms with Crippen molar-refractivity contribution in [3.8, 4) is 0 Å². The summed E-state index contributed by atoms with van der Waals surface area (Å²) >= 11 is 0. The Balaban J connectivity index is 3.97. The lowest BCUT2D eigenvalue weighted by atomic mass is 10.1. The predicted octanol–water partition coefficient (Wildman–Crippen LogP) is 1.78. The van der Waals surface area contributed by atoms with Crippen molar-refractivity contribution in [3.63, 3.8) is 0 Å². The van der Waals surface area contributed by atoms with Gasteiger partial charge in [-0.2, -0.15) is 0 Å². The molecule has 0 aliphatic carbocycles. The summed E-state index contributed by atoms with van der Waals surface area (Å²) in [5.41, 5.74) is 0. The fourth-order valence-electron chi connectivity index (χ4n) is 1.92. The first-order valence-corrected chi connectivity index (χ1v) is 11.8. The molecule has 0 rings (SSSR count). The molecular formula is C19H29N3O6S2.